The van der Waals surface area contributed by atoms with Crippen molar-refractivity contribution in [3.05, 3.63) is 89.5 Å². The predicted molar refractivity (Wildman–Crippen MR) is 162 cm³/mol. The van der Waals surface area contributed by atoms with Crippen molar-refractivity contribution in [3.8, 4) is 5.75 Å². The number of ether oxygens (including phenoxy) is 4. The Morgan fingerprint density at radius 2 is 1.67 bits per heavy atom. The van der Waals surface area contributed by atoms with Crippen molar-refractivity contribution in [1.82, 2.24) is 16.1 Å². The molecule has 0 aromatic heterocycles. The summed E-state index contributed by atoms with van der Waals surface area (Å²) < 4.78 is 50.8. The molecule has 244 valence electrons. The lowest BCUT2D eigenvalue weighted by Gasteiger charge is -2.36. The Labute approximate surface area is 264 Å². The van der Waals surface area contributed by atoms with Crippen molar-refractivity contribution in [1.29, 1.82) is 0 Å². The van der Waals surface area contributed by atoms with Crippen LogP contribution in [0.25, 0.3) is 0 Å². The van der Waals surface area contributed by atoms with Gasteiger partial charge in [-0.1, -0.05) is 55.7 Å². The number of nitrogens with one attached hydrogen (secondary N) is 2. The molecule has 1 heterocycles. The van der Waals surface area contributed by atoms with Gasteiger partial charge >= 0.3 is 18.0 Å². The molecule has 4 amide bonds. The molecule has 2 fully saturated rings. The van der Waals surface area contributed by atoms with Crippen molar-refractivity contribution in [2.45, 2.75) is 44.8 Å². The first-order valence-electron chi connectivity index (χ1n) is 14.9. The molecule has 3 aromatic carbocycles. The number of hydrogen-bond acceptors (Lipinski definition) is 9. The van der Waals surface area contributed by atoms with Gasteiger partial charge < -0.3 is 18.9 Å². The zero-order valence-corrected chi connectivity index (χ0v) is 25.2. The summed E-state index contributed by atoms with van der Waals surface area (Å²) in [6.07, 6.45) is 3.92. The Bertz CT molecular complexity index is 1500. The van der Waals surface area contributed by atoms with E-state index in [1.807, 2.05) is 30.3 Å². The topological polar surface area (TPSA) is 122 Å². The van der Waals surface area contributed by atoms with Gasteiger partial charge in [-0.25, -0.2) is 28.2 Å². The summed E-state index contributed by atoms with van der Waals surface area (Å²) in [6.45, 7) is 0.448. The number of amides is 4. The second kappa shape index (κ2) is 15.6. The van der Waals surface area contributed by atoms with E-state index in [4.69, 9.17) is 18.9 Å². The number of benzene rings is 3. The van der Waals surface area contributed by atoms with Gasteiger partial charge in [0, 0.05) is 18.8 Å². The van der Waals surface area contributed by atoms with Crippen LogP contribution in [-0.2, 0) is 20.8 Å². The number of esters is 1. The highest BCUT2D eigenvalue weighted by atomic mass is 19.1. The SMILES string of the molecule is COCCOCOc1ccc(N(C(=O)N2NNN(c3c(F)cccc3F)C2=O)C2CCCCC2)cc1C(=O)OCc1ccccc1. The number of hydrazine groups is 3. The molecule has 1 aliphatic heterocycles. The van der Waals surface area contributed by atoms with E-state index in [1.54, 1.807) is 13.2 Å². The molecule has 0 atom stereocenters. The Kier molecular flexibility index (Phi) is 11.1. The van der Waals surface area contributed by atoms with Gasteiger partial charge in [0.25, 0.3) is 0 Å². The molecule has 3 aromatic rings. The van der Waals surface area contributed by atoms with Crippen molar-refractivity contribution in [2.75, 3.05) is 37.0 Å². The minimum atomic E-state index is -1.05. The number of halogens is 2. The zero-order valence-electron chi connectivity index (χ0n) is 25.2. The molecule has 5 rings (SSSR count). The third-order valence-electron chi connectivity index (χ3n) is 7.56. The molecular weight excluding hydrogens is 604 g/mol. The highest BCUT2D eigenvalue weighted by Crippen LogP contribution is 2.33. The molecule has 1 saturated carbocycles. The molecule has 0 spiro atoms. The molecule has 0 bridgehead atoms. The van der Waals surface area contributed by atoms with E-state index in [1.165, 1.54) is 17.0 Å². The van der Waals surface area contributed by atoms with Gasteiger partial charge in [-0.05, 0) is 48.7 Å². The summed E-state index contributed by atoms with van der Waals surface area (Å²) in [7, 11) is 1.54. The summed E-state index contributed by atoms with van der Waals surface area (Å²) in [4.78, 5) is 42.3. The number of hydrogen-bond donors (Lipinski definition) is 2. The van der Waals surface area contributed by atoms with Gasteiger partial charge in [-0.2, -0.15) is 5.01 Å². The van der Waals surface area contributed by atoms with Crippen LogP contribution in [0.1, 0.15) is 48.0 Å². The summed E-state index contributed by atoms with van der Waals surface area (Å²) in [5.74, 6) is -2.54. The van der Waals surface area contributed by atoms with Gasteiger partial charge in [0.05, 0.1) is 13.2 Å². The molecule has 1 saturated heterocycles. The average Bonchev–Trinajstić information content (AvgIpc) is 3.45. The molecule has 46 heavy (non-hydrogen) atoms. The van der Waals surface area contributed by atoms with Gasteiger partial charge in [0.2, 0.25) is 0 Å². The number of urea groups is 2. The van der Waals surface area contributed by atoms with Crippen molar-refractivity contribution in [2.24, 2.45) is 0 Å². The van der Waals surface area contributed by atoms with E-state index in [0.717, 1.165) is 43.0 Å². The Morgan fingerprint density at radius 1 is 0.935 bits per heavy atom. The van der Waals surface area contributed by atoms with Crippen LogP contribution < -0.4 is 25.7 Å². The number of carbonyl (C=O) groups excluding carboxylic acids is 3. The third-order valence-corrected chi connectivity index (χ3v) is 7.56. The fourth-order valence-corrected chi connectivity index (χ4v) is 5.26. The first kappa shape index (κ1) is 32.8. The lowest BCUT2D eigenvalue weighted by Crippen LogP contribution is -2.53. The van der Waals surface area contributed by atoms with Crippen LogP contribution in [-0.4, -0.2) is 56.2 Å². The van der Waals surface area contributed by atoms with Gasteiger partial charge in [-0.15, -0.1) is 11.1 Å². The molecule has 0 radical (unpaired) electrons. The summed E-state index contributed by atoms with van der Waals surface area (Å²) in [5.41, 5.74) is 5.22. The standard InChI is InChI=1S/C32H35F2N5O7/c1-43-17-18-44-21-46-28-16-15-24(19-25(28)30(40)45-20-22-9-4-2-5-10-22)37(23-11-6-3-7-12-23)31(41)39-32(42)38(35-36-39)29-26(33)13-8-14-27(29)34/h2,4-5,8-10,13-16,19,23,35-36H,3,6-7,11-12,17-18,20-21H2,1H3. The zero-order chi connectivity index (χ0) is 32.5. The second-order valence-electron chi connectivity index (χ2n) is 10.6. The van der Waals surface area contributed by atoms with E-state index in [-0.39, 0.29) is 37.4 Å². The first-order chi connectivity index (χ1) is 22.4. The number of anilines is 2. The Morgan fingerprint density at radius 3 is 2.39 bits per heavy atom. The summed E-state index contributed by atoms with van der Waals surface area (Å²) in [5, 5.41) is 1.20. The molecule has 14 heteroatoms. The summed E-state index contributed by atoms with van der Waals surface area (Å²) in [6, 6.07) is 14.7. The number of nitrogens with zero attached hydrogens (tertiary/aromatic N) is 3. The largest absolute Gasteiger partial charge is 0.467 e. The highest BCUT2D eigenvalue weighted by Gasteiger charge is 2.41. The predicted octanol–water partition coefficient (Wildman–Crippen LogP) is 5.45. The Balaban J connectivity index is 1.44. The number of rotatable bonds is 12. The lowest BCUT2D eigenvalue weighted by atomic mass is 9.93. The normalized spacial score (nSPS) is 15.2. The van der Waals surface area contributed by atoms with Gasteiger partial charge in [0.1, 0.15) is 23.6 Å². The van der Waals surface area contributed by atoms with Crippen LogP contribution in [0.5, 0.6) is 5.75 Å². The molecule has 12 nitrogen and oxygen atoms in total. The quantitative estimate of drug-likeness (QED) is 0.151. The van der Waals surface area contributed by atoms with Crippen LogP contribution in [0.3, 0.4) is 0 Å². The van der Waals surface area contributed by atoms with Crippen molar-refractivity contribution >= 4 is 29.4 Å². The summed E-state index contributed by atoms with van der Waals surface area (Å²) >= 11 is 0. The van der Waals surface area contributed by atoms with Crippen LogP contribution in [0.15, 0.2) is 66.7 Å². The van der Waals surface area contributed by atoms with Gasteiger partial charge in [-0.3, -0.25) is 4.90 Å². The maximum absolute atomic E-state index is 14.5. The number of methoxy groups -OCH3 is 1. The number of imide groups is 1. The maximum atomic E-state index is 14.5. The van der Waals surface area contributed by atoms with E-state index in [9.17, 15) is 23.2 Å². The van der Waals surface area contributed by atoms with E-state index in [0.29, 0.717) is 35.2 Å². The van der Waals surface area contributed by atoms with Crippen LogP contribution in [0.4, 0.5) is 29.7 Å². The smallest absolute Gasteiger partial charge is 0.364 e. The third kappa shape index (κ3) is 7.59. The molecule has 0 unspecified atom stereocenters. The maximum Gasteiger partial charge on any atom is 0.364 e. The Hall–Kier alpha value is -4.63. The van der Waals surface area contributed by atoms with Crippen LogP contribution >= 0.6 is 0 Å². The minimum absolute atomic E-state index is 0.000736. The minimum Gasteiger partial charge on any atom is -0.467 e. The van der Waals surface area contributed by atoms with Crippen LogP contribution in [0.2, 0.25) is 0 Å². The lowest BCUT2D eigenvalue weighted by molar-refractivity contribution is -0.00922. The fourth-order valence-electron chi connectivity index (χ4n) is 5.26. The van der Waals surface area contributed by atoms with E-state index < -0.39 is 35.4 Å². The van der Waals surface area contributed by atoms with E-state index in [2.05, 4.69) is 11.1 Å². The molecule has 2 aliphatic rings. The number of carbonyl (C=O) groups is 3. The van der Waals surface area contributed by atoms with E-state index >= 15 is 0 Å². The first-order valence-corrected chi connectivity index (χ1v) is 14.9. The second-order valence-corrected chi connectivity index (χ2v) is 10.6. The number of para-hydroxylation sites is 1. The fraction of sp³-hybridized carbons (Fsp3) is 0.344. The van der Waals surface area contributed by atoms with Crippen molar-refractivity contribution in [3.63, 3.8) is 0 Å². The molecular formula is C32H35F2N5O7. The van der Waals surface area contributed by atoms with Crippen LogP contribution in [0, 0.1) is 11.6 Å². The monoisotopic (exact) mass is 639 g/mol. The molecule has 2 N–H and O–H groups in total. The highest BCUT2D eigenvalue weighted by molar-refractivity contribution is 6.08. The molecule has 1 aliphatic carbocycles. The van der Waals surface area contributed by atoms with Gasteiger partial charge in [0.15, 0.2) is 18.4 Å². The average molecular weight is 640 g/mol. The van der Waals surface area contributed by atoms with Crippen molar-refractivity contribution < 1.29 is 42.1 Å².